The molecule has 1 aromatic heterocycles. The predicted octanol–water partition coefficient (Wildman–Crippen LogP) is 3.16. The van der Waals surface area contributed by atoms with Gasteiger partial charge in [0.1, 0.15) is 5.82 Å². The molecule has 2 heterocycles. The number of hydrogen-bond donors (Lipinski definition) is 1. The van der Waals surface area contributed by atoms with E-state index in [2.05, 4.69) is 23.2 Å². The van der Waals surface area contributed by atoms with E-state index in [4.69, 9.17) is 21.6 Å². The summed E-state index contributed by atoms with van der Waals surface area (Å²) in [4.78, 5) is 11.8. The lowest BCUT2D eigenvalue weighted by molar-refractivity contribution is 0.584. The highest BCUT2D eigenvalue weighted by Crippen LogP contribution is 2.23. The van der Waals surface area contributed by atoms with Crippen molar-refractivity contribution in [2.45, 2.75) is 19.8 Å². The summed E-state index contributed by atoms with van der Waals surface area (Å²) >= 11 is 6.11. The predicted molar refractivity (Wildman–Crippen MR) is 91.6 cm³/mol. The van der Waals surface area contributed by atoms with Crippen LogP contribution in [0.25, 0.3) is 11.4 Å². The van der Waals surface area contributed by atoms with Gasteiger partial charge in [-0.1, -0.05) is 37.1 Å². The first kappa shape index (κ1) is 15.3. The van der Waals surface area contributed by atoms with Crippen LogP contribution >= 0.6 is 11.6 Å². The third-order valence-electron chi connectivity index (χ3n) is 3.80. The van der Waals surface area contributed by atoms with Crippen LogP contribution in [0.4, 0.5) is 5.82 Å². The summed E-state index contributed by atoms with van der Waals surface area (Å²) in [6.45, 7) is 6.14. The molecule has 1 aliphatic heterocycles. The zero-order valence-electron chi connectivity index (χ0n) is 12.8. The number of aryl methyl sites for hydroxylation is 1. The van der Waals surface area contributed by atoms with Gasteiger partial charge in [-0.25, -0.2) is 9.97 Å². The first-order valence-corrected chi connectivity index (χ1v) is 8.23. The van der Waals surface area contributed by atoms with Crippen LogP contribution in [0.5, 0.6) is 0 Å². The largest absolute Gasteiger partial charge is 0.354 e. The van der Waals surface area contributed by atoms with Crippen LogP contribution in [0.3, 0.4) is 0 Å². The molecule has 0 bridgehead atoms. The highest BCUT2D eigenvalue weighted by atomic mass is 35.5. The van der Waals surface area contributed by atoms with E-state index in [0.29, 0.717) is 5.02 Å². The molecular weight excluding hydrogens is 296 g/mol. The van der Waals surface area contributed by atoms with Gasteiger partial charge in [0.25, 0.3) is 0 Å². The summed E-state index contributed by atoms with van der Waals surface area (Å²) in [5, 5.41) is 4.09. The van der Waals surface area contributed by atoms with Crippen LogP contribution in [0.15, 0.2) is 30.3 Å². The summed E-state index contributed by atoms with van der Waals surface area (Å²) in [6.07, 6.45) is 2.04. The van der Waals surface area contributed by atoms with Crippen LogP contribution in [0.1, 0.15) is 19.0 Å². The summed E-state index contributed by atoms with van der Waals surface area (Å²) in [6, 6.07) is 9.88. The molecule has 2 aromatic rings. The standard InChI is InChI=1S/C17H21ClN4/c1-2-4-15-12-16(22-9-7-19-8-10-22)21-17(20-15)13-5-3-6-14(18)11-13/h3,5-6,11-12,19H,2,4,7-10H2,1H3. The second-order valence-electron chi connectivity index (χ2n) is 5.54. The van der Waals surface area contributed by atoms with Gasteiger partial charge in [-0.15, -0.1) is 0 Å². The van der Waals surface area contributed by atoms with E-state index in [1.165, 1.54) is 0 Å². The smallest absolute Gasteiger partial charge is 0.161 e. The van der Waals surface area contributed by atoms with Gasteiger partial charge < -0.3 is 10.2 Å². The normalized spacial score (nSPS) is 15.1. The number of nitrogens with one attached hydrogen (secondary N) is 1. The Hall–Kier alpha value is -1.65. The van der Waals surface area contributed by atoms with Crippen molar-refractivity contribution in [2.75, 3.05) is 31.1 Å². The molecule has 0 unspecified atom stereocenters. The van der Waals surface area contributed by atoms with Crippen molar-refractivity contribution in [3.8, 4) is 11.4 Å². The fourth-order valence-corrected chi connectivity index (χ4v) is 2.87. The maximum atomic E-state index is 6.11. The fourth-order valence-electron chi connectivity index (χ4n) is 2.68. The molecule has 4 nitrogen and oxygen atoms in total. The van der Waals surface area contributed by atoms with Crippen molar-refractivity contribution >= 4 is 17.4 Å². The van der Waals surface area contributed by atoms with E-state index >= 15 is 0 Å². The van der Waals surface area contributed by atoms with Gasteiger partial charge in [0.2, 0.25) is 0 Å². The number of rotatable bonds is 4. The fraction of sp³-hybridized carbons (Fsp3) is 0.412. The molecule has 22 heavy (non-hydrogen) atoms. The van der Waals surface area contributed by atoms with Crippen molar-refractivity contribution in [1.82, 2.24) is 15.3 Å². The van der Waals surface area contributed by atoms with Crippen molar-refractivity contribution < 1.29 is 0 Å². The molecule has 1 aromatic carbocycles. The van der Waals surface area contributed by atoms with E-state index in [1.54, 1.807) is 0 Å². The number of anilines is 1. The number of nitrogens with zero attached hydrogens (tertiary/aromatic N) is 3. The van der Waals surface area contributed by atoms with E-state index in [0.717, 1.165) is 61.9 Å². The number of halogens is 1. The number of piperazine rings is 1. The van der Waals surface area contributed by atoms with Gasteiger partial charge in [0, 0.05) is 48.5 Å². The highest BCUT2D eigenvalue weighted by Gasteiger charge is 2.15. The van der Waals surface area contributed by atoms with Gasteiger partial charge in [0.05, 0.1) is 0 Å². The molecule has 0 saturated carbocycles. The van der Waals surface area contributed by atoms with E-state index in [1.807, 2.05) is 24.3 Å². The molecule has 1 N–H and O–H groups in total. The second kappa shape index (κ2) is 7.07. The molecule has 116 valence electrons. The molecule has 0 radical (unpaired) electrons. The van der Waals surface area contributed by atoms with Crippen LogP contribution in [-0.4, -0.2) is 36.1 Å². The van der Waals surface area contributed by atoms with Gasteiger partial charge in [-0.3, -0.25) is 0 Å². The first-order valence-electron chi connectivity index (χ1n) is 7.86. The molecule has 0 spiro atoms. The van der Waals surface area contributed by atoms with Crippen LogP contribution in [0, 0.1) is 0 Å². The Morgan fingerprint density at radius 3 is 2.73 bits per heavy atom. The molecule has 1 fully saturated rings. The molecule has 1 aliphatic rings. The maximum Gasteiger partial charge on any atom is 0.161 e. The number of aromatic nitrogens is 2. The van der Waals surface area contributed by atoms with Crippen LogP contribution in [0.2, 0.25) is 5.02 Å². The average molecular weight is 317 g/mol. The Labute approximate surface area is 136 Å². The van der Waals surface area contributed by atoms with Gasteiger partial charge in [-0.05, 0) is 18.6 Å². The molecule has 0 atom stereocenters. The van der Waals surface area contributed by atoms with Crippen LogP contribution < -0.4 is 10.2 Å². The first-order chi connectivity index (χ1) is 10.8. The number of benzene rings is 1. The third-order valence-corrected chi connectivity index (χ3v) is 4.03. The average Bonchev–Trinajstić information content (AvgIpc) is 2.56. The topological polar surface area (TPSA) is 41.0 Å². The molecule has 1 saturated heterocycles. The molecule has 3 rings (SSSR count). The summed E-state index contributed by atoms with van der Waals surface area (Å²) in [5.74, 6) is 1.79. The zero-order valence-corrected chi connectivity index (χ0v) is 13.6. The Morgan fingerprint density at radius 2 is 2.00 bits per heavy atom. The van der Waals surface area contributed by atoms with Gasteiger partial charge in [0.15, 0.2) is 5.82 Å². The molecule has 5 heteroatoms. The van der Waals surface area contributed by atoms with Gasteiger partial charge >= 0.3 is 0 Å². The van der Waals surface area contributed by atoms with Gasteiger partial charge in [-0.2, -0.15) is 0 Å². The lowest BCUT2D eigenvalue weighted by Crippen LogP contribution is -2.44. The summed E-state index contributed by atoms with van der Waals surface area (Å²) in [7, 11) is 0. The van der Waals surface area contributed by atoms with Crippen LogP contribution in [-0.2, 0) is 6.42 Å². The minimum Gasteiger partial charge on any atom is -0.354 e. The lowest BCUT2D eigenvalue weighted by atomic mass is 10.2. The highest BCUT2D eigenvalue weighted by molar-refractivity contribution is 6.30. The van der Waals surface area contributed by atoms with E-state index < -0.39 is 0 Å². The quantitative estimate of drug-likeness (QED) is 0.940. The molecule has 0 aliphatic carbocycles. The SMILES string of the molecule is CCCc1cc(N2CCNCC2)nc(-c2cccc(Cl)c2)n1. The van der Waals surface area contributed by atoms with Crippen molar-refractivity contribution in [2.24, 2.45) is 0 Å². The Balaban J connectivity index is 1.99. The number of hydrogen-bond acceptors (Lipinski definition) is 4. The molecule has 0 amide bonds. The maximum absolute atomic E-state index is 6.11. The van der Waals surface area contributed by atoms with E-state index in [9.17, 15) is 0 Å². The molecular formula is C17H21ClN4. The Morgan fingerprint density at radius 1 is 1.18 bits per heavy atom. The lowest BCUT2D eigenvalue weighted by Gasteiger charge is -2.29. The Bertz CT molecular complexity index is 638. The third kappa shape index (κ3) is 3.57. The summed E-state index contributed by atoms with van der Waals surface area (Å²) < 4.78 is 0. The van der Waals surface area contributed by atoms with Crippen molar-refractivity contribution in [3.05, 3.63) is 41.0 Å². The zero-order chi connectivity index (χ0) is 15.4. The monoisotopic (exact) mass is 316 g/mol. The minimum atomic E-state index is 0.714. The van der Waals surface area contributed by atoms with Crippen molar-refractivity contribution in [3.63, 3.8) is 0 Å². The second-order valence-corrected chi connectivity index (χ2v) is 5.97. The van der Waals surface area contributed by atoms with Crippen molar-refractivity contribution in [1.29, 1.82) is 0 Å². The van der Waals surface area contributed by atoms with E-state index in [-0.39, 0.29) is 0 Å². The minimum absolute atomic E-state index is 0.714. The Kier molecular flexibility index (Phi) is 4.90. The summed E-state index contributed by atoms with van der Waals surface area (Å²) in [5.41, 5.74) is 2.07.